The topological polar surface area (TPSA) is 52.0 Å². The van der Waals surface area contributed by atoms with Gasteiger partial charge in [-0.1, -0.05) is 0 Å². The molecule has 0 heterocycles. The summed E-state index contributed by atoms with van der Waals surface area (Å²) >= 11 is 0. The smallest absolute Gasteiger partial charge is 0.147 e. The van der Waals surface area contributed by atoms with Crippen LogP contribution in [0.25, 0.3) is 0 Å². The van der Waals surface area contributed by atoms with Crippen molar-refractivity contribution in [2.75, 3.05) is 41.3 Å². The predicted octanol–water partition coefficient (Wildman–Crippen LogP) is -7.11. The second-order valence-electron chi connectivity index (χ2n) is 4.00. The van der Waals surface area contributed by atoms with Crippen LogP contribution in [0.15, 0.2) is 0 Å². The van der Waals surface area contributed by atoms with Gasteiger partial charge in [-0.2, -0.15) is 11.7 Å². The molecular formula is C6H20I2N4. The molecule has 4 nitrogen and oxygen atoms in total. The number of hydrogen-bond donors (Lipinski definition) is 2. The molecule has 12 heavy (non-hydrogen) atoms. The third kappa shape index (κ3) is 17.4. The first kappa shape index (κ1) is 19.0. The Hall–Kier alpha value is 1.30. The van der Waals surface area contributed by atoms with Crippen molar-refractivity contribution in [3.05, 3.63) is 0 Å². The summed E-state index contributed by atoms with van der Waals surface area (Å²) in [4.78, 5) is 0. The second kappa shape index (κ2) is 6.71. The molecule has 6 heteroatoms. The van der Waals surface area contributed by atoms with E-state index in [1.807, 2.05) is 28.2 Å². The van der Waals surface area contributed by atoms with E-state index in [2.05, 4.69) is 0 Å². The van der Waals surface area contributed by atoms with E-state index in [9.17, 15) is 0 Å². The van der Waals surface area contributed by atoms with E-state index in [1.54, 1.807) is 0 Å². The molecule has 0 aliphatic rings. The van der Waals surface area contributed by atoms with Gasteiger partial charge in [0, 0.05) is 0 Å². The molecule has 0 atom stereocenters. The summed E-state index contributed by atoms with van der Waals surface area (Å²) < 4.78 is 0.970. The molecule has 0 amide bonds. The van der Waals surface area contributed by atoms with Gasteiger partial charge in [0.2, 0.25) is 0 Å². The van der Waals surface area contributed by atoms with Crippen LogP contribution in [0.3, 0.4) is 0 Å². The Kier molecular flexibility index (Phi) is 10.6. The maximum atomic E-state index is 5.71. The Morgan fingerprint density at radius 2 is 0.917 bits per heavy atom. The van der Waals surface area contributed by atoms with E-state index in [0.29, 0.717) is 9.18 Å². The third-order valence-electron chi connectivity index (χ3n) is 1.25. The van der Waals surface area contributed by atoms with Gasteiger partial charge in [0.25, 0.3) is 0 Å². The van der Waals surface area contributed by atoms with Gasteiger partial charge >= 0.3 is 0 Å². The largest absolute Gasteiger partial charge is 1.00 e. The first-order valence-corrected chi connectivity index (χ1v) is 3.44. The van der Waals surface area contributed by atoms with Crippen LogP contribution in [-0.4, -0.2) is 50.5 Å². The highest BCUT2D eigenvalue weighted by Crippen LogP contribution is 1.89. The zero-order chi connectivity index (χ0) is 8.41. The van der Waals surface area contributed by atoms with Gasteiger partial charge in [-0.25, -0.2) is 9.18 Å². The average Bonchev–Trinajstić information content (AvgIpc) is 1.57. The number of nitrogens with two attached hydrogens (primary N) is 2. The fraction of sp³-hybridized carbons (Fsp3) is 1.00. The summed E-state index contributed by atoms with van der Waals surface area (Å²) in [6.45, 7) is 1.78. The van der Waals surface area contributed by atoms with Crippen molar-refractivity contribution >= 4 is 0 Å². The fourth-order valence-corrected chi connectivity index (χ4v) is 0.515. The monoisotopic (exact) mass is 402 g/mol. The number of hydrogen-bond acceptors (Lipinski definition) is 2. The van der Waals surface area contributed by atoms with Gasteiger partial charge in [-0.15, -0.1) is 0 Å². The van der Waals surface area contributed by atoms with Crippen molar-refractivity contribution in [2.24, 2.45) is 11.7 Å². The first-order valence-electron chi connectivity index (χ1n) is 3.44. The normalized spacial score (nSPS) is 11.5. The van der Waals surface area contributed by atoms with E-state index in [-0.39, 0.29) is 48.0 Å². The van der Waals surface area contributed by atoms with Crippen LogP contribution >= 0.6 is 0 Å². The van der Waals surface area contributed by atoms with Crippen LogP contribution in [-0.2, 0) is 0 Å². The molecule has 0 aliphatic carbocycles. The van der Waals surface area contributed by atoms with Crippen LogP contribution in [0.5, 0.6) is 0 Å². The summed E-state index contributed by atoms with van der Waals surface area (Å²) in [6.07, 6.45) is 0. The van der Waals surface area contributed by atoms with Crippen molar-refractivity contribution in [1.29, 1.82) is 0 Å². The number of halogens is 2. The molecule has 0 saturated heterocycles. The molecule has 0 unspecified atom stereocenters. The molecule has 0 spiro atoms. The number of quaternary nitrogens is 2. The Balaban J connectivity index is -0.000000405. The molecule has 0 fully saturated rings. The van der Waals surface area contributed by atoms with Gasteiger partial charge < -0.3 is 48.0 Å². The lowest BCUT2D eigenvalue weighted by Gasteiger charge is -2.27. The minimum atomic E-state index is 0. The highest BCUT2D eigenvalue weighted by Gasteiger charge is 2.15. The zero-order valence-corrected chi connectivity index (χ0v) is 12.5. The van der Waals surface area contributed by atoms with E-state index < -0.39 is 0 Å². The van der Waals surface area contributed by atoms with Crippen molar-refractivity contribution in [2.45, 2.75) is 0 Å². The van der Waals surface area contributed by atoms with E-state index >= 15 is 0 Å². The first-order chi connectivity index (χ1) is 4.21. The SMILES string of the molecule is C[N+](C)(N)CC[N+](C)(C)N.[I-].[I-]. The lowest BCUT2D eigenvalue weighted by atomic mass is 10.5. The Morgan fingerprint density at radius 1 is 0.750 bits per heavy atom. The van der Waals surface area contributed by atoms with Crippen LogP contribution in [0.2, 0.25) is 0 Å². The van der Waals surface area contributed by atoms with Gasteiger partial charge in [-0.3, -0.25) is 0 Å². The molecule has 4 N–H and O–H groups in total. The fourth-order valence-electron chi connectivity index (χ4n) is 0.515. The molecule has 0 saturated carbocycles. The molecular weight excluding hydrogens is 382 g/mol. The van der Waals surface area contributed by atoms with Gasteiger partial charge in [0.15, 0.2) is 0 Å². The minimum Gasteiger partial charge on any atom is -1.00 e. The van der Waals surface area contributed by atoms with Crippen molar-refractivity contribution in [3.63, 3.8) is 0 Å². The summed E-state index contributed by atoms with van der Waals surface area (Å²) in [6, 6.07) is 0. The quantitative estimate of drug-likeness (QED) is 0.214. The summed E-state index contributed by atoms with van der Waals surface area (Å²) in [5.41, 5.74) is 0. The lowest BCUT2D eigenvalue weighted by Crippen LogP contribution is -3.00. The van der Waals surface area contributed by atoms with E-state index in [1.165, 1.54) is 0 Å². The number of likely N-dealkylation sites (N-methyl/N-ethyl adjacent to an activating group) is 2. The molecule has 78 valence electrons. The molecule has 0 radical (unpaired) electrons. The number of nitrogens with zero attached hydrogens (tertiary/aromatic N) is 2. The highest BCUT2D eigenvalue weighted by atomic mass is 127. The van der Waals surface area contributed by atoms with E-state index in [4.69, 9.17) is 11.7 Å². The predicted molar refractivity (Wildman–Crippen MR) is 42.3 cm³/mol. The summed E-state index contributed by atoms with van der Waals surface area (Å²) in [7, 11) is 7.82. The third-order valence-corrected chi connectivity index (χ3v) is 1.25. The van der Waals surface area contributed by atoms with Crippen LogP contribution < -0.4 is 59.6 Å². The Morgan fingerprint density at radius 3 is 1.00 bits per heavy atom. The van der Waals surface area contributed by atoms with Crippen molar-refractivity contribution < 1.29 is 57.1 Å². The average molecular weight is 402 g/mol. The standard InChI is InChI=1S/C6H20N4.2HI/c1-9(2,7)5-6-10(3,4)8;;/h5-8H2,1-4H3;2*1H/q+2;;/p-2. The minimum absolute atomic E-state index is 0. The van der Waals surface area contributed by atoms with E-state index in [0.717, 1.165) is 13.1 Å². The van der Waals surface area contributed by atoms with Crippen LogP contribution in [0, 0.1) is 0 Å². The maximum Gasteiger partial charge on any atom is 0.147 e. The summed E-state index contributed by atoms with van der Waals surface area (Å²) in [5, 5.41) is 0. The Labute approximate surface area is 109 Å². The molecule has 0 aromatic rings. The van der Waals surface area contributed by atoms with Gasteiger partial charge in [-0.05, 0) is 0 Å². The van der Waals surface area contributed by atoms with Crippen molar-refractivity contribution in [3.8, 4) is 0 Å². The summed E-state index contributed by atoms with van der Waals surface area (Å²) in [5.74, 6) is 11.4. The lowest BCUT2D eigenvalue weighted by molar-refractivity contribution is -0.957. The zero-order valence-electron chi connectivity index (χ0n) is 8.22. The highest BCUT2D eigenvalue weighted by molar-refractivity contribution is 4.23. The Bertz CT molecular complexity index is 91.1. The van der Waals surface area contributed by atoms with Crippen LogP contribution in [0.1, 0.15) is 0 Å². The van der Waals surface area contributed by atoms with Gasteiger partial charge in [0.05, 0.1) is 28.2 Å². The van der Waals surface area contributed by atoms with Crippen LogP contribution in [0.4, 0.5) is 0 Å². The molecule has 0 rings (SSSR count). The molecule has 0 aromatic heterocycles. The maximum absolute atomic E-state index is 5.71. The number of rotatable bonds is 3. The van der Waals surface area contributed by atoms with Crippen molar-refractivity contribution in [1.82, 2.24) is 0 Å². The van der Waals surface area contributed by atoms with Gasteiger partial charge in [0.1, 0.15) is 13.1 Å². The molecule has 0 aliphatic heterocycles. The molecule has 0 bridgehead atoms. The second-order valence-corrected chi connectivity index (χ2v) is 4.00. The molecule has 0 aromatic carbocycles.